The molecule has 3 aromatic carbocycles. The smallest absolute Gasteiger partial charge is 0.454 e. The number of H-pyrrole nitrogens is 1. The second kappa shape index (κ2) is 5.44. The van der Waals surface area contributed by atoms with Gasteiger partial charge in [-0.3, -0.25) is 0 Å². The first-order valence-electron chi connectivity index (χ1n) is 10.1. The Morgan fingerprint density at radius 1 is 0.690 bits per heavy atom. The lowest BCUT2D eigenvalue weighted by Crippen LogP contribution is -2.41. The van der Waals surface area contributed by atoms with E-state index in [1.54, 1.807) is 0 Å². The van der Waals surface area contributed by atoms with Gasteiger partial charge in [0.1, 0.15) is 5.58 Å². The minimum absolute atomic E-state index is 0.393. The molecule has 4 nitrogen and oxygen atoms in total. The van der Waals surface area contributed by atoms with Crippen molar-refractivity contribution in [2.45, 2.75) is 38.9 Å². The zero-order valence-corrected chi connectivity index (χ0v) is 17.0. The average Bonchev–Trinajstić information content (AvgIpc) is 3.30. The van der Waals surface area contributed by atoms with Crippen molar-refractivity contribution in [3.8, 4) is 0 Å². The van der Waals surface area contributed by atoms with E-state index in [4.69, 9.17) is 13.7 Å². The van der Waals surface area contributed by atoms with Crippen LogP contribution in [0.3, 0.4) is 0 Å². The maximum atomic E-state index is 6.48. The van der Waals surface area contributed by atoms with E-state index in [1.807, 2.05) is 18.2 Å². The summed E-state index contributed by atoms with van der Waals surface area (Å²) in [4.78, 5) is 3.54. The van der Waals surface area contributed by atoms with E-state index in [0.717, 1.165) is 38.4 Å². The molecule has 29 heavy (non-hydrogen) atoms. The van der Waals surface area contributed by atoms with Gasteiger partial charge in [-0.15, -0.1) is 0 Å². The summed E-state index contributed by atoms with van der Waals surface area (Å²) >= 11 is 0. The zero-order valence-electron chi connectivity index (χ0n) is 17.0. The van der Waals surface area contributed by atoms with Crippen LogP contribution in [0.4, 0.5) is 0 Å². The van der Waals surface area contributed by atoms with E-state index >= 15 is 0 Å². The number of aromatic nitrogens is 1. The Kier molecular flexibility index (Phi) is 3.21. The van der Waals surface area contributed by atoms with Crippen LogP contribution in [0.2, 0.25) is 0 Å². The third-order valence-electron chi connectivity index (χ3n) is 6.68. The lowest BCUT2D eigenvalue weighted by atomic mass is 9.78. The maximum Gasteiger partial charge on any atom is 0.498 e. The van der Waals surface area contributed by atoms with Gasteiger partial charge in [-0.25, -0.2) is 0 Å². The zero-order chi connectivity index (χ0) is 20.0. The number of rotatable bonds is 1. The van der Waals surface area contributed by atoms with Gasteiger partial charge in [0, 0.05) is 32.5 Å². The van der Waals surface area contributed by atoms with Crippen LogP contribution in [0.25, 0.3) is 43.7 Å². The Balaban J connectivity index is 1.63. The molecule has 144 valence electrons. The molecule has 0 amide bonds. The predicted molar refractivity (Wildman–Crippen MR) is 119 cm³/mol. The SMILES string of the molecule is CC1(C)OB(c2cccc3c2oc2c3ccc3c4ccccc4[nH]c32)OC1(C)C. The molecule has 1 N–H and O–H groups in total. The largest absolute Gasteiger partial charge is 0.498 e. The Hall–Kier alpha value is -2.76. The number of hydrogen-bond donors (Lipinski definition) is 1. The van der Waals surface area contributed by atoms with Crippen LogP contribution >= 0.6 is 0 Å². The van der Waals surface area contributed by atoms with Gasteiger partial charge < -0.3 is 18.7 Å². The van der Waals surface area contributed by atoms with Crippen LogP contribution in [-0.4, -0.2) is 23.3 Å². The molecule has 0 radical (unpaired) electrons. The first kappa shape index (κ1) is 17.1. The minimum Gasteiger partial charge on any atom is -0.454 e. The Morgan fingerprint density at radius 3 is 2.14 bits per heavy atom. The van der Waals surface area contributed by atoms with Crippen molar-refractivity contribution in [2.75, 3.05) is 0 Å². The molecule has 5 aromatic rings. The molecule has 0 aliphatic carbocycles. The number of furan rings is 1. The molecule has 1 aliphatic rings. The maximum absolute atomic E-state index is 6.48. The van der Waals surface area contributed by atoms with Crippen molar-refractivity contribution in [2.24, 2.45) is 0 Å². The third kappa shape index (κ3) is 2.23. The molecular weight excluding hydrogens is 361 g/mol. The van der Waals surface area contributed by atoms with Crippen LogP contribution in [-0.2, 0) is 9.31 Å². The summed E-state index contributed by atoms with van der Waals surface area (Å²) in [5, 5.41) is 4.55. The molecule has 0 bridgehead atoms. The number of para-hydroxylation sites is 2. The van der Waals surface area contributed by atoms with Crippen molar-refractivity contribution in [1.82, 2.24) is 4.98 Å². The molecule has 1 aliphatic heterocycles. The number of nitrogens with one attached hydrogen (secondary N) is 1. The molecule has 0 unspecified atom stereocenters. The van der Waals surface area contributed by atoms with E-state index in [-0.39, 0.29) is 0 Å². The monoisotopic (exact) mass is 383 g/mol. The molecule has 2 aromatic heterocycles. The van der Waals surface area contributed by atoms with E-state index in [9.17, 15) is 0 Å². The van der Waals surface area contributed by atoms with Crippen LogP contribution in [0.5, 0.6) is 0 Å². The van der Waals surface area contributed by atoms with E-state index in [1.165, 1.54) is 10.8 Å². The highest BCUT2D eigenvalue weighted by molar-refractivity contribution is 6.65. The highest BCUT2D eigenvalue weighted by atomic mass is 16.7. The number of hydrogen-bond acceptors (Lipinski definition) is 3. The van der Waals surface area contributed by atoms with Gasteiger partial charge in [0.15, 0.2) is 5.58 Å². The van der Waals surface area contributed by atoms with Gasteiger partial charge in [0.05, 0.1) is 16.7 Å². The lowest BCUT2D eigenvalue weighted by Gasteiger charge is -2.32. The fourth-order valence-corrected chi connectivity index (χ4v) is 4.35. The predicted octanol–water partition coefficient (Wildman–Crippen LogP) is 5.52. The highest BCUT2D eigenvalue weighted by Gasteiger charge is 2.52. The first-order chi connectivity index (χ1) is 13.9. The molecule has 0 spiro atoms. The van der Waals surface area contributed by atoms with Crippen LogP contribution in [0, 0.1) is 0 Å². The molecule has 0 saturated carbocycles. The summed E-state index contributed by atoms with van der Waals surface area (Å²) in [7, 11) is -0.456. The van der Waals surface area contributed by atoms with Gasteiger partial charge in [-0.1, -0.05) is 42.5 Å². The van der Waals surface area contributed by atoms with Crippen molar-refractivity contribution in [1.29, 1.82) is 0 Å². The minimum atomic E-state index is -0.456. The van der Waals surface area contributed by atoms with Gasteiger partial charge in [-0.2, -0.15) is 0 Å². The summed E-state index contributed by atoms with van der Waals surface area (Å²) in [5.74, 6) is 0. The number of aromatic amines is 1. The average molecular weight is 383 g/mol. The number of benzene rings is 3. The van der Waals surface area contributed by atoms with E-state index < -0.39 is 18.3 Å². The van der Waals surface area contributed by atoms with Gasteiger partial charge in [-0.05, 0) is 39.8 Å². The normalized spacial score (nSPS) is 18.6. The molecule has 3 heterocycles. The van der Waals surface area contributed by atoms with Gasteiger partial charge in [0.2, 0.25) is 0 Å². The standard InChI is InChI=1S/C24H22BNO3/c1-23(2)24(3,4)29-25(28-23)18-10-7-9-16-17-13-12-15-14-8-5-6-11-19(14)26-20(15)22(17)27-21(16)18/h5-13,26H,1-4H3. The second-order valence-electron chi connectivity index (χ2n) is 8.95. The summed E-state index contributed by atoms with van der Waals surface area (Å²) in [6, 6.07) is 18.9. The summed E-state index contributed by atoms with van der Waals surface area (Å²) in [6.45, 7) is 8.28. The fourth-order valence-electron chi connectivity index (χ4n) is 4.35. The third-order valence-corrected chi connectivity index (χ3v) is 6.68. The van der Waals surface area contributed by atoms with E-state index in [2.05, 4.69) is 69.1 Å². The van der Waals surface area contributed by atoms with Crippen LogP contribution < -0.4 is 5.46 Å². The summed E-state index contributed by atoms with van der Waals surface area (Å²) < 4.78 is 19.1. The summed E-state index contributed by atoms with van der Waals surface area (Å²) in [5.41, 5.74) is 3.99. The van der Waals surface area contributed by atoms with Gasteiger partial charge in [0.25, 0.3) is 0 Å². The molecule has 5 heteroatoms. The Morgan fingerprint density at radius 2 is 1.34 bits per heavy atom. The highest BCUT2D eigenvalue weighted by Crippen LogP contribution is 2.39. The Bertz CT molecular complexity index is 1410. The lowest BCUT2D eigenvalue weighted by molar-refractivity contribution is 0.00578. The molecular formula is C24H22BNO3. The topological polar surface area (TPSA) is 47.4 Å². The second-order valence-corrected chi connectivity index (χ2v) is 8.95. The van der Waals surface area contributed by atoms with Crippen molar-refractivity contribution < 1.29 is 13.7 Å². The van der Waals surface area contributed by atoms with Crippen LogP contribution in [0.1, 0.15) is 27.7 Å². The summed E-state index contributed by atoms with van der Waals surface area (Å²) in [6.07, 6.45) is 0. The molecule has 6 rings (SSSR count). The molecule has 1 saturated heterocycles. The quantitative estimate of drug-likeness (QED) is 0.388. The van der Waals surface area contributed by atoms with Crippen molar-refractivity contribution >= 4 is 56.3 Å². The van der Waals surface area contributed by atoms with E-state index in [0.29, 0.717) is 0 Å². The van der Waals surface area contributed by atoms with Crippen LogP contribution in [0.15, 0.2) is 59.0 Å². The van der Waals surface area contributed by atoms with Crippen molar-refractivity contribution in [3.63, 3.8) is 0 Å². The van der Waals surface area contributed by atoms with Gasteiger partial charge >= 0.3 is 7.12 Å². The number of fused-ring (bicyclic) bond motifs is 7. The van der Waals surface area contributed by atoms with Crippen molar-refractivity contribution in [3.05, 3.63) is 54.6 Å². The Labute approximate surface area is 168 Å². The first-order valence-corrected chi connectivity index (χ1v) is 10.1. The molecule has 0 atom stereocenters. The fraction of sp³-hybridized carbons (Fsp3) is 0.250. The molecule has 1 fully saturated rings.